The number of carbonyl (C=O) groups is 2. The molecule has 2 rings (SSSR count). The van der Waals surface area contributed by atoms with Crippen LogP contribution < -0.4 is 10.6 Å². The molecular weight excluding hydrogens is 328 g/mol. The Morgan fingerprint density at radius 2 is 1.75 bits per heavy atom. The van der Waals surface area contributed by atoms with Crippen molar-refractivity contribution in [2.75, 3.05) is 22.1 Å². The summed E-state index contributed by atoms with van der Waals surface area (Å²) in [6, 6.07) is 8.45. The fourth-order valence-corrected chi connectivity index (χ4v) is 2.68. The van der Waals surface area contributed by atoms with Gasteiger partial charge in [-0.25, -0.2) is 0 Å². The molecule has 0 aliphatic heterocycles. The van der Waals surface area contributed by atoms with Gasteiger partial charge in [0.15, 0.2) is 0 Å². The third kappa shape index (κ3) is 5.34. The van der Waals surface area contributed by atoms with Crippen molar-refractivity contribution in [3.8, 4) is 0 Å². The first-order valence-corrected chi connectivity index (χ1v) is 9.08. The summed E-state index contributed by atoms with van der Waals surface area (Å²) in [7, 11) is -0.948. The van der Waals surface area contributed by atoms with E-state index < -0.39 is 10.8 Å². The summed E-state index contributed by atoms with van der Waals surface area (Å²) in [5, 5.41) is 5.48. The minimum atomic E-state index is -0.948. The summed E-state index contributed by atoms with van der Waals surface area (Å²) >= 11 is 0. The van der Waals surface area contributed by atoms with Crippen LogP contribution >= 0.6 is 0 Å². The summed E-state index contributed by atoms with van der Waals surface area (Å²) in [5.74, 6) is 1.15. The third-order valence-corrected chi connectivity index (χ3v) is 4.60. The zero-order valence-electron chi connectivity index (χ0n) is 13.6. The minimum absolute atomic E-state index is 0.178. The summed E-state index contributed by atoms with van der Waals surface area (Å²) < 4.78 is 16.4. The Hall–Kier alpha value is -2.41. The molecule has 0 bridgehead atoms. The van der Waals surface area contributed by atoms with Gasteiger partial charge in [0.2, 0.25) is 5.91 Å². The number of nitrogens with one attached hydrogen (secondary N) is 2. The zero-order valence-corrected chi connectivity index (χ0v) is 14.4. The number of furan rings is 1. The molecule has 1 aromatic heterocycles. The van der Waals surface area contributed by atoms with Crippen LogP contribution in [0.25, 0.3) is 0 Å². The summed E-state index contributed by atoms with van der Waals surface area (Å²) in [6.45, 7) is 3.59. The monoisotopic (exact) mass is 348 g/mol. The van der Waals surface area contributed by atoms with E-state index in [-0.39, 0.29) is 18.2 Å². The molecule has 6 nitrogen and oxygen atoms in total. The predicted octanol–water partition coefficient (Wildman–Crippen LogP) is 2.94. The van der Waals surface area contributed by atoms with Crippen molar-refractivity contribution in [1.29, 1.82) is 0 Å². The van der Waals surface area contributed by atoms with Crippen molar-refractivity contribution in [1.82, 2.24) is 0 Å². The van der Waals surface area contributed by atoms with E-state index in [4.69, 9.17) is 4.42 Å². The Morgan fingerprint density at radius 1 is 1.12 bits per heavy atom. The van der Waals surface area contributed by atoms with E-state index in [1.807, 2.05) is 6.92 Å². The number of carbonyl (C=O) groups excluding carboxylic acids is 2. The fraction of sp³-hybridized carbons (Fsp3) is 0.294. The van der Waals surface area contributed by atoms with Crippen molar-refractivity contribution in [2.45, 2.75) is 20.3 Å². The second-order valence-electron chi connectivity index (χ2n) is 5.21. The van der Waals surface area contributed by atoms with Gasteiger partial charge >= 0.3 is 0 Å². The van der Waals surface area contributed by atoms with E-state index in [1.54, 1.807) is 37.3 Å². The SMILES string of the molecule is CC[S@@](=O)CCC(=O)Nc1ccc(NC(=O)c2coc(C)c2)cc1. The standard InChI is InChI=1S/C17H20N2O4S/c1-3-24(22)9-8-16(20)18-14-4-6-15(7-5-14)19-17(21)13-10-12(2)23-11-13/h4-7,10-11H,3,8-9H2,1-2H3,(H,18,20)(H,19,21)/t24-/m1/s1. The van der Waals surface area contributed by atoms with Crippen LogP contribution in [0.4, 0.5) is 11.4 Å². The van der Waals surface area contributed by atoms with Gasteiger partial charge in [-0.05, 0) is 37.3 Å². The second-order valence-corrected chi connectivity index (χ2v) is 7.07. The number of hydrogen-bond donors (Lipinski definition) is 2. The number of anilines is 2. The van der Waals surface area contributed by atoms with Gasteiger partial charge in [-0.2, -0.15) is 0 Å². The largest absolute Gasteiger partial charge is 0.469 e. The average Bonchev–Trinajstić information content (AvgIpc) is 3.01. The van der Waals surface area contributed by atoms with Crippen LogP contribution in [0.15, 0.2) is 41.0 Å². The van der Waals surface area contributed by atoms with Gasteiger partial charge in [0.05, 0.1) is 5.56 Å². The van der Waals surface area contributed by atoms with Gasteiger partial charge in [0, 0.05) is 40.1 Å². The average molecular weight is 348 g/mol. The summed E-state index contributed by atoms with van der Waals surface area (Å²) in [5.41, 5.74) is 1.69. The molecule has 0 unspecified atom stereocenters. The van der Waals surface area contributed by atoms with E-state index >= 15 is 0 Å². The van der Waals surface area contributed by atoms with Gasteiger partial charge in [0.1, 0.15) is 12.0 Å². The van der Waals surface area contributed by atoms with Crippen molar-refractivity contribution in [3.63, 3.8) is 0 Å². The van der Waals surface area contributed by atoms with Crippen molar-refractivity contribution in [3.05, 3.63) is 47.9 Å². The van der Waals surface area contributed by atoms with Crippen LogP contribution in [-0.2, 0) is 15.6 Å². The topological polar surface area (TPSA) is 88.4 Å². The van der Waals surface area contributed by atoms with Gasteiger partial charge < -0.3 is 15.1 Å². The maximum atomic E-state index is 12.0. The van der Waals surface area contributed by atoms with Crippen molar-refractivity contribution in [2.24, 2.45) is 0 Å². The van der Waals surface area contributed by atoms with Gasteiger partial charge in [0.25, 0.3) is 5.91 Å². The Balaban J connectivity index is 1.87. The fourth-order valence-electron chi connectivity index (χ4n) is 1.98. The molecule has 0 aliphatic carbocycles. The minimum Gasteiger partial charge on any atom is -0.469 e. The van der Waals surface area contributed by atoms with E-state index in [0.29, 0.717) is 34.2 Å². The van der Waals surface area contributed by atoms with Gasteiger partial charge in [-0.3, -0.25) is 13.8 Å². The van der Waals surface area contributed by atoms with Crippen LogP contribution in [0.2, 0.25) is 0 Å². The maximum Gasteiger partial charge on any atom is 0.258 e. The molecule has 0 saturated heterocycles. The maximum absolute atomic E-state index is 12.0. The molecule has 0 fully saturated rings. The normalized spacial score (nSPS) is 11.8. The lowest BCUT2D eigenvalue weighted by Crippen LogP contribution is -2.15. The molecule has 0 aliphatic rings. The molecule has 0 radical (unpaired) electrons. The van der Waals surface area contributed by atoms with Crippen molar-refractivity contribution >= 4 is 34.0 Å². The van der Waals surface area contributed by atoms with Crippen LogP contribution in [0.5, 0.6) is 0 Å². The number of amides is 2. The summed E-state index contributed by atoms with van der Waals surface area (Å²) in [6.07, 6.45) is 1.62. The first kappa shape index (κ1) is 17.9. The summed E-state index contributed by atoms with van der Waals surface area (Å²) in [4.78, 5) is 23.8. The van der Waals surface area contributed by atoms with Gasteiger partial charge in [-0.15, -0.1) is 0 Å². The highest BCUT2D eigenvalue weighted by molar-refractivity contribution is 7.84. The van der Waals surface area contributed by atoms with Gasteiger partial charge in [-0.1, -0.05) is 6.92 Å². The first-order valence-electron chi connectivity index (χ1n) is 7.59. The highest BCUT2D eigenvalue weighted by atomic mass is 32.2. The van der Waals surface area contributed by atoms with Crippen molar-refractivity contribution < 1.29 is 18.2 Å². The Kier molecular flexibility index (Phi) is 6.31. The Morgan fingerprint density at radius 3 is 2.29 bits per heavy atom. The molecule has 2 amide bonds. The smallest absolute Gasteiger partial charge is 0.258 e. The molecular formula is C17H20N2O4S. The van der Waals surface area contributed by atoms with Crippen LogP contribution in [0.3, 0.4) is 0 Å². The molecule has 7 heteroatoms. The Labute approximate surface area is 143 Å². The van der Waals surface area contributed by atoms with Crippen LogP contribution in [-0.4, -0.2) is 27.5 Å². The number of aryl methyl sites for hydroxylation is 1. The first-order chi connectivity index (χ1) is 11.5. The lowest BCUT2D eigenvalue weighted by Gasteiger charge is -2.07. The van der Waals surface area contributed by atoms with E-state index in [1.165, 1.54) is 6.26 Å². The molecule has 2 N–H and O–H groups in total. The number of rotatable bonds is 7. The quantitative estimate of drug-likeness (QED) is 0.805. The van der Waals surface area contributed by atoms with E-state index in [2.05, 4.69) is 10.6 Å². The molecule has 2 aromatic rings. The highest BCUT2D eigenvalue weighted by Crippen LogP contribution is 2.15. The highest BCUT2D eigenvalue weighted by Gasteiger charge is 2.09. The van der Waals surface area contributed by atoms with Crippen LogP contribution in [0, 0.1) is 6.92 Å². The Bertz CT molecular complexity index is 737. The molecule has 1 aromatic carbocycles. The second kappa shape index (κ2) is 8.44. The number of benzene rings is 1. The third-order valence-electron chi connectivity index (χ3n) is 3.30. The molecule has 128 valence electrons. The van der Waals surface area contributed by atoms with E-state index in [0.717, 1.165) is 0 Å². The lowest BCUT2D eigenvalue weighted by atomic mass is 10.2. The molecule has 0 spiro atoms. The van der Waals surface area contributed by atoms with E-state index in [9.17, 15) is 13.8 Å². The molecule has 1 atom stereocenters. The number of hydrogen-bond acceptors (Lipinski definition) is 4. The molecule has 24 heavy (non-hydrogen) atoms. The lowest BCUT2D eigenvalue weighted by molar-refractivity contribution is -0.115. The molecule has 0 saturated carbocycles. The van der Waals surface area contributed by atoms with Crippen LogP contribution in [0.1, 0.15) is 29.5 Å². The zero-order chi connectivity index (χ0) is 17.5. The predicted molar refractivity (Wildman–Crippen MR) is 94.6 cm³/mol. The molecule has 1 heterocycles.